The fraction of sp³-hybridized carbons (Fsp3) is 0.385. The topological polar surface area (TPSA) is 63.4 Å². The van der Waals surface area contributed by atoms with Crippen molar-refractivity contribution in [1.82, 2.24) is 14.9 Å². The van der Waals surface area contributed by atoms with Crippen LogP contribution in [0.25, 0.3) is 0 Å². The third-order valence-electron chi connectivity index (χ3n) is 3.11. The van der Waals surface area contributed by atoms with Crippen molar-refractivity contribution in [3.63, 3.8) is 0 Å². The molecule has 18 heavy (non-hydrogen) atoms. The van der Waals surface area contributed by atoms with Gasteiger partial charge in [-0.25, -0.2) is 11.1 Å². The van der Waals surface area contributed by atoms with Crippen molar-refractivity contribution in [2.45, 2.75) is 25.8 Å². The van der Waals surface area contributed by atoms with Gasteiger partial charge in [0.1, 0.15) is 0 Å². The molecule has 0 radical (unpaired) electrons. The summed E-state index contributed by atoms with van der Waals surface area (Å²) in [6.07, 6.45) is 12.6. The quantitative estimate of drug-likeness (QED) is 0.736. The van der Waals surface area contributed by atoms with E-state index in [4.69, 9.17) is 0 Å². The molecular weight excluding hydrogens is 404 g/mol. The first-order valence-electron chi connectivity index (χ1n) is 5.44. The van der Waals surface area contributed by atoms with Crippen molar-refractivity contribution < 1.29 is 25.3 Å². The molecule has 3 N–H and O–H groups in total. The molecule has 0 fully saturated rings. The first-order valence-corrected chi connectivity index (χ1v) is 5.44. The number of nitrogens with one attached hydrogen (secondary N) is 1. The van der Waals surface area contributed by atoms with E-state index in [0.29, 0.717) is 0 Å². The van der Waals surface area contributed by atoms with Gasteiger partial charge in [-0.05, 0) is 6.42 Å². The minimum atomic E-state index is 0. The Morgan fingerprint density at radius 3 is 2.94 bits per heavy atom. The van der Waals surface area contributed by atoms with Crippen molar-refractivity contribution >= 4 is 0 Å². The Balaban J connectivity index is 0.000000963. The molecule has 5 heteroatoms. The van der Waals surface area contributed by atoms with Gasteiger partial charge in [0.25, 0.3) is 0 Å². The first kappa shape index (κ1) is 17.1. The van der Waals surface area contributed by atoms with Crippen LogP contribution in [-0.2, 0) is 26.3 Å². The Morgan fingerprint density at radius 2 is 2.22 bits per heavy atom. The summed E-state index contributed by atoms with van der Waals surface area (Å²) in [5, 5.41) is 0. The first-order chi connectivity index (χ1) is 7.43. The largest absolute Gasteiger partial charge is 2.00 e. The van der Waals surface area contributed by atoms with Crippen molar-refractivity contribution in [2.75, 3.05) is 6.54 Å². The molecule has 100 valence electrons. The van der Waals surface area contributed by atoms with Crippen LogP contribution >= 0.6 is 0 Å². The van der Waals surface area contributed by atoms with E-state index in [1.54, 1.807) is 11.9 Å². The summed E-state index contributed by atoms with van der Waals surface area (Å²) < 4.78 is 0. The number of aromatic amines is 1. The van der Waals surface area contributed by atoms with Crippen LogP contribution in [0.2, 0.25) is 0 Å². The maximum absolute atomic E-state index is 4.04. The number of aromatic nitrogens is 2. The Kier molecular flexibility index (Phi) is 7.12. The standard InChI is InChI=1S/C12H14N3.CH3.H2O.Os/c1-2-4-12-10(3-1)5-6-15(12)8-11-7-13-9-14-11;;;/h4,7,9H,1,3,5-6,8H2,(H,13,14);1H3;1H2;/q2*-1;;+2. The fourth-order valence-electron chi connectivity index (χ4n) is 2.32. The molecule has 1 aliphatic heterocycles. The summed E-state index contributed by atoms with van der Waals surface area (Å²) in [6.45, 7) is 2.08. The number of rotatable bonds is 2. The average Bonchev–Trinajstić information content (AvgIpc) is 2.89. The Labute approximate surface area is 122 Å². The summed E-state index contributed by atoms with van der Waals surface area (Å²) in [6, 6.07) is 0. The SMILES string of the molecule is O.[C-]1=CC2=C(CC1)CCN2Cc1cnc[nH]1.[CH3-].[Os+2]. The van der Waals surface area contributed by atoms with Gasteiger partial charge in [0, 0.05) is 19.3 Å². The molecule has 1 aromatic heterocycles. The van der Waals surface area contributed by atoms with Crippen LogP contribution in [0.3, 0.4) is 0 Å². The number of hydrogen-bond donors (Lipinski definition) is 1. The Morgan fingerprint density at radius 1 is 1.39 bits per heavy atom. The monoisotopic (exact) mass is 425 g/mol. The third kappa shape index (κ3) is 3.31. The van der Waals surface area contributed by atoms with Crippen LogP contribution in [0.1, 0.15) is 25.0 Å². The number of imidazole rings is 1. The van der Waals surface area contributed by atoms with E-state index >= 15 is 0 Å². The fourth-order valence-corrected chi connectivity index (χ4v) is 2.32. The molecule has 3 rings (SSSR count). The molecule has 0 spiro atoms. The summed E-state index contributed by atoms with van der Waals surface area (Å²) in [7, 11) is 0. The van der Waals surface area contributed by atoms with Gasteiger partial charge in [0.2, 0.25) is 0 Å². The van der Waals surface area contributed by atoms with Crippen LogP contribution in [0.5, 0.6) is 0 Å². The van der Waals surface area contributed by atoms with E-state index in [9.17, 15) is 0 Å². The maximum Gasteiger partial charge on any atom is 2.00 e. The summed E-state index contributed by atoms with van der Waals surface area (Å²) in [5.74, 6) is 0. The van der Waals surface area contributed by atoms with Gasteiger partial charge < -0.3 is 22.8 Å². The Bertz CT molecular complexity index is 412. The van der Waals surface area contributed by atoms with Gasteiger partial charge in [-0.15, -0.1) is 17.7 Å². The molecule has 0 saturated carbocycles. The zero-order valence-corrected chi connectivity index (χ0v) is 13.1. The van der Waals surface area contributed by atoms with Crippen LogP contribution in [0, 0.1) is 13.5 Å². The molecule has 1 aromatic rings. The van der Waals surface area contributed by atoms with Gasteiger partial charge in [0.15, 0.2) is 0 Å². The summed E-state index contributed by atoms with van der Waals surface area (Å²) >= 11 is 0. The third-order valence-corrected chi connectivity index (χ3v) is 3.11. The van der Waals surface area contributed by atoms with Gasteiger partial charge in [0.05, 0.1) is 12.0 Å². The maximum atomic E-state index is 4.04. The molecule has 0 amide bonds. The predicted molar refractivity (Wildman–Crippen MR) is 67.7 cm³/mol. The van der Waals surface area contributed by atoms with Crippen molar-refractivity contribution in [1.29, 1.82) is 0 Å². The normalized spacial score (nSPS) is 16.6. The second-order valence-corrected chi connectivity index (χ2v) is 4.09. The molecule has 0 aromatic carbocycles. The predicted octanol–water partition coefficient (Wildman–Crippen LogP) is 1.65. The molecule has 2 aliphatic rings. The summed E-state index contributed by atoms with van der Waals surface area (Å²) in [4.78, 5) is 9.61. The molecule has 0 unspecified atom stereocenters. The second-order valence-electron chi connectivity index (χ2n) is 4.09. The molecule has 0 saturated heterocycles. The summed E-state index contributed by atoms with van der Waals surface area (Å²) in [5.41, 5.74) is 4.19. The molecule has 0 atom stereocenters. The smallest absolute Gasteiger partial charge is 0.444 e. The van der Waals surface area contributed by atoms with E-state index in [2.05, 4.69) is 27.0 Å². The average molecular weight is 424 g/mol. The minimum Gasteiger partial charge on any atom is -0.444 e. The van der Waals surface area contributed by atoms with Gasteiger partial charge in [-0.1, -0.05) is 6.42 Å². The van der Waals surface area contributed by atoms with Crippen molar-refractivity contribution in [3.05, 3.63) is 49.1 Å². The van der Waals surface area contributed by atoms with E-state index < -0.39 is 0 Å². The number of H-pyrrole nitrogens is 1. The minimum absolute atomic E-state index is 0. The number of hydrogen-bond acceptors (Lipinski definition) is 2. The van der Waals surface area contributed by atoms with Crippen molar-refractivity contribution in [2.24, 2.45) is 0 Å². The van der Waals surface area contributed by atoms with Crippen LogP contribution in [0.15, 0.2) is 29.9 Å². The zero-order valence-electron chi connectivity index (χ0n) is 10.5. The number of allylic oxidation sites excluding steroid dienone is 2. The molecule has 2 heterocycles. The van der Waals surface area contributed by atoms with E-state index in [1.165, 1.54) is 24.2 Å². The van der Waals surface area contributed by atoms with E-state index in [-0.39, 0.29) is 32.7 Å². The molecule has 0 bridgehead atoms. The molecular formula is C13H19N3OOs. The second kappa shape index (κ2) is 7.51. The Hall–Kier alpha value is -0.914. The van der Waals surface area contributed by atoms with Gasteiger partial charge >= 0.3 is 19.8 Å². The van der Waals surface area contributed by atoms with E-state index in [0.717, 1.165) is 19.5 Å². The zero-order chi connectivity index (χ0) is 10.1. The molecule has 1 aliphatic carbocycles. The van der Waals surface area contributed by atoms with Crippen LogP contribution < -0.4 is 0 Å². The van der Waals surface area contributed by atoms with E-state index in [1.807, 2.05) is 6.20 Å². The van der Waals surface area contributed by atoms with Crippen LogP contribution in [0.4, 0.5) is 0 Å². The van der Waals surface area contributed by atoms with Crippen LogP contribution in [-0.4, -0.2) is 26.9 Å². The number of nitrogens with zero attached hydrogens (tertiary/aromatic N) is 2. The molecule has 4 nitrogen and oxygen atoms in total. The van der Waals surface area contributed by atoms with Crippen molar-refractivity contribution in [3.8, 4) is 0 Å². The van der Waals surface area contributed by atoms with Gasteiger partial charge in [-0.3, -0.25) is 6.08 Å². The van der Waals surface area contributed by atoms with Gasteiger partial charge in [-0.2, -0.15) is 0 Å².